The first-order valence-corrected chi connectivity index (χ1v) is 6.43. The molecule has 1 aromatic heterocycles. The first-order valence-electron chi connectivity index (χ1n) is 6.43. The molecule has 0 bridgehead atoms. The molecule has 0 atom stereocenters. The van der Waals surface area contributed by atoms with Crippen molar-refractivity contribution < 1.29 is 9.53 Å². The van der Waals surface area contributed by atoms with Gasteiger partial charge in [0, 0.05) is 26.7 Å². The van der Waals surface area contributed by atoms with Crippen LogP contribution in [0.4, 0.5) is 0 Å². The SMILES string of the molecule is CC(C)Oc1cc(C(=O)N(C)CC2CC2)nn1C. The second-order valence-corrected chi connectivity index (χ2v) is 5.29. The number of carbonyl (C=O) groups excluding carboxylic acids is 1. The van der Waals surface area contributed by atoms with E-state index in [1.54, 1.807) is 22.7 Å². The van der Waals surface area contributed by atoms with Gasteiger partial charge in [-0.3, -0.25) is 4.79 Å². The van der Waals surface area contributed by atoms with Crippen molar-refractivity contribution in [2.75, 3.05) is 13.6 Å². The number of rotatable bonds is 5. The monoisotopic (exact) mass is 251 g/mol. The maximum absolute atomic E-state index is 12.2. The lowest BCUT2D eigenvalue weighted by Gasteiger charge is -2.14. The van der Waals surface area contributed by atoms with Crippen LogP contribution >= 0.6 is 0 Å². The summed E-state index contributed by atoms with van der Waals surface area (Å²) in [7, 11) is 3.62. The van der Waals surface area contributed by atoms with E-state index in [4.69, 9.17) is 4.74 Å². The molecule has 0 radical (unpaired) electrons. The van der Waals surface area contributed by atoms with E-state index in [0.717, 1.165) is 6.54 Å². The average Bonchev–Trinajstić information content (AvgIpc) is 3.02. The number of aromatic nitrogens is 2. The second-order valence-electron chi connectivity index (χ2n) is 5.29. The first-order chi connectivity index (χ1) is 8.47. The van der Waals surface area contributed by atoms with Gasteiger partial charge in [0.1, 0.15) is 0 Å². The summed E-state index contributed by atoms with van der Waals surface area (Å²) in [6, 6.07) is 1.71. The molecule has 0 aliphatic heterocycles. The minimum Gasteiger partial charge on any atom is -0.475 e. The van der Waals surface area contributed by atoms with Gasteiger partial charge in [-0.25, -0.2) is 4.68 Å². The zero-order valence-corrected chi connectivity index (χ0v) is 11.5. The Kier molecular flexibility index (Phi) is 3.59. The third-order valence-electron chi connectivity index (χ3n) is 2.99. The van der Waals surface area contributed by atoms with Gasteiger partial charge in [0.25, 0.3) is 5.91 Å². The smallest absolute Gasteiger partial charge is 0.274 e. The van der Waals surface area contributed by atoms with E-state index < -0.39 is 0 Å². The highest BCUT2D eigenvalue weighted by Gasteiger charge is 2.26. The molecule has 1 aliphatic rings. The minimum absolute atomic E-state index is 0.0314. The Labute approximate surface area is 108 Å². The van der Waals surface area contributed by atoms with Gasteiger partial charge in [-0.05, 0) is 32.6 Å². The molecule has 0 spiro atoms. The van der Waals surface area contributed by atoms with Crippen LogP contribution < -0.4 is 4.74 Å². The molecule has 1 aliphatic carbocycles. The van der Waals surface area contributed by atoms with Gasteiger partial charge >= 0.3 is 0 Å². The van der Waals surface area contributed by atoms with E-state index in [0.29, 0.717) is 17.5 Å². The number of carbonyl (C=O) groups is 1. The quantitative estimate of drug-likeness (QED) is 0.800. The number of ether oxygens (including phenoxy) is 1. The lowest BCUT2D eigenvalue weighted by molar-refractivity contribution is 0.0782. The summed E-state index contributed by atoms with van der Waals surface area (Å²) in [5, 5.41) is 4.21. The van der Waals surface area contributed by atoms with E-state index in [9.17, 15) is 4.79 Å². The summed E-state index contributed by atoms with van der Waals surface area (Å²) in [6.45, 7) is 4.73. The molecule has 1 heterocycles. The molecule has 100 valence electrons. The number of amides is 1. The molecule has 1 amide bonds. The molecule has 5 heteroatoms. The molecule has 1 saturated carbocycles. The highest BCUT2D eigenvalue weighted by atomic mass is 16.5. The van der Waals surface area contributed by atoms with Crippen molar-refractivity contribution in [3.05, 3.63) is 11.8 Å². The average molecular weight is 251 g/mol. The third-order valence-corrected chi connectivity index (χ3v) is 2.99. The van der Waals surface area contributed by atoms with E-state index >= 15 is 0 Å². The lowest BCUT2D eigenvalue weighted by Crippen LogP contribution is -2.29. The van der Waals surface area contributed by atoms with Crippen LogP contribution in [-0.4, -0.2) is 40.3 Å². The van der Waals surface area contributed by atoms with Crippen molar-refractivity contribution in [2.24, 2.45) is 13.0 Å². The summed E-state index contributed by atoms with van der Waals surface area (Å²) in [5.74, 6) is 1.29. The van der Waals surface area contributed by atoms with Crippen molar-refractivity contribution >= 4 is 5.91 Å². The molecule has 1 aromatic rings. The largest absolute Gasteiger partial charge is 0.475 e. The second kappa shape index (κ2) is 5.00. The fourth-order valence-corrected chi connectivity index (χ4v) is 1.87. The number of hydrogen-bond acceptors (Lipinski definition) is 3. The van der Waals surface area contributed by atoms with Crippen LogP contribution in [-0.2, 0) is 7.05 Å². The molecule has 0 saturated heterocycles. The normalized spacial score (nSPS) is 14.9. The Bertz CT molecular complexity index is 435. The van der Waals surface area contributed by atoms with Crippen molar-refractivity contribution in [2.45, 2.75) is 32.8 Å². The fourth-order valence-electron chi connectivity index (χ4n) is 1.87. The van der Waals surface area contributed by atoms with Crippen LogP contribution in [0.25, 0.3) is 0 Å². The zero-order chi connectivity index (χ0) is 13.3. The predicted octanol–water partition coefficient (Wildman–Crippen LogP) is 1.69. The number of aryl methyl sites for hydroxylation is 1. The summed E-state index contributed by atoms with van der Waals surface area (Å²) in [6.07, 6.45) is 2.55. The van der Waals surface area contributed by atoms with Gasteiger partial charge in [-0.15, -0.1) is 0 Å². The maximum Gasteiger partial charge on any atom is 0.274 e. The zero-order valence-electron chi connectivity index (χ0n) is 11.5. The van der Waals surface area contributed by atoms with Crippen LogP contribution in [0.15, 0.2) is 6.07 Å². The Morgan fingerprint density at radius 3 is 2.83 bits per heavy atom. The standard InChI is InChI=1S/C13H21N3O2/c1-9(2)18-12-7-11(14-16(12)4)13(17)15(3)8-10-5-6-10/h7,9-10H,5-6,8H2,1-4H3. The summed E-state index contributed by atoms with van der Waals surface area (Å²) < 4.78 is 7.19. The van der Waals surface area contributed by atoms with E-state index in [2.05, 4.69) is 5.10 Å². The molecular weight excluding hydrogens is 230 g/mol. The highest BCUT2D eigenvalue weighted by Crippen LogP contribution is 2.29. The maximum atomic E-state index is 12.2. The molecule has 0 aromatic carbocycles. The van der Waals surface area contributed by atoms with Crippen LogP contribution in [0.3, 0.4) is 0 Å². The Balaban J connectivity index is 2.05. The van der Waals surface area contributed by atoms with Crippen LogP contribution in [0.5, 0.6) is 5.88 Å². The molecule has 0 unspecified atom stereocenters. The van der Waals surface area contributed by atoms with Gasteiger partial charge in [0.2, 0.25) is 5.88 Å². The first kappa shape index (κ1) is 12.9. The summed E-state index contributed by atoms with van der Waals surface area (Å²) >= 11 is 0. The lowest BCUT2D eigenvalue weighted by atomic mass is 10.3. The van der Waals surface area contributed by atoms with Gasteiger partial charge in [-0.2, -0.15) is 5.10 Å². The van der Waals surface area contributed by atoms with E-state index in [1.807, 2.05) is 20.9 Å². The number of nitrogens with zero attached hydrogens (tertiary/aromatic N) is 3. The van der Waals surface area contributed by atoms with Crippen LogP contribution in [0, 0.1) is 5.92 Å². The molecule has 5 nitrogen and oxygen atoms in total. The Morgan fingerprint density at radius 1 is 1.61 bits per heavy atom. The molecular formula is C13H21N3O2. The van der Waals surface area contributed by atoms with Gasteiger partial charge in [-0.1, -0.05) is 0 Å². The van der Waals surface area contributed by atoms with Crippen LogP contribution in [0.1, 0.15) is 37.2 Å². The fraction of sp³-hybridized carbons (Fsp3) is 0.692. The van der Waals surface area contributed by atoms with Crippen molar-refractivity contribution in [3.63, 3.8) is 0 Å². The molecule has 18 heavy (non-hydrogen) atoms. The van der Waals surface area contributed by atoms with Crippen molar-refractivity contribution in [1.29, 1.82) is 0 Å². The Hall–Kier alpha value is -1.52. The van der Waals surface area contributed by atoms with Gasteiger partial charge in [0.15, 0.2) is 5.69 Å². The van der Waals surface area contributed by atoms with Crippen molar-refractivity contribution in [3.8, 4) is 5.88 Å². The molecule has 2 rings (SSSR count). The van der Waals surface area contributed by atoms with Gasteiger partial charge in [0.05, 0.1) is 6.10 Å². The van der Waals surface area contributed by atoms with E-state index in [-0.39, 0.29) is 12.0 Å². The number of hydrogen-bond donors (Lipinski definition) is 0. The minimum atomic E-state index is -0.0314. The predicted molar refractivity (Wildman–Crippen MR) is 68.7 cm³/mol. The topological polar surface area (TPSA) is 47.4 Å². The third kappa shape index (κ3) is 3.03. The summed E-state index contributed by atoms with van der Waals surface area (Å²) in [5.41, 5.74) is 0.455. The molecule has 0 N–H and O–H groups in total. The molecule has 1 fully saturated rings. The Morgan fingerprint density at radius 2 is 2.28 bits per heavy atom. The van der Waals surface area contributed by atoms with E-state index in [1.165, 1.54) is 12.8 Å². The van der Waals surface area contributed by atoms with Crippen LogP contribution in [0.2, 0.25) is 0 Å². The summed E-state index contributed by atoms with van der Waals surface area (Å²) in [4.78, 5) is 13.9. The van der Waals surface area contributed by atoms with Crippen molar-refractivity contribution in [1.82, 2.24) is 14.7 Å². The van der Waals surface area contributed by atoms with Gasteiger partial charge < -0.3 is 9.64 Å². The highest BCUT2D eigenvalue weighted by molar-refractivity contribution is 5.92.